The summed E-state index contributed by atoms with van der Waals surface area (Å²) in [6.45, 7) is 3.23. The summed E-state index contributed by atoms with van der Waals surface area (Å²) in [6.07, 6.45) is 5.55. The van der Waals surface area contributed by atoms with Crippen LogP contribution in [0.4, 0.5) is 0 Å². The van der Waals surface area contributed by atoms with Gasteiger partial charge in [0, 0.05) is 19.7 Å². The average molecular weight is 157 g/mol. The summed E-state index contributed by atoms with van der Waals surface area (Å²) >= 11 is 0. The van der Waals surface area contributed by atoms with Crippen LogP contribution in [-0.2, 0) is 4.74 Å². The van der Waals surface area contributed by atoms with E-state index in [1.54, 1.807) is 7.11 Å². The Morgan fingerprint density at radius 1 is 1.55 bits per heavy atom. The van der Waals surface area contributed by atoms with E-state index in [-0.39, 0.29) is 0 Å². The molecule has 1 aliphatic carbocycles. The van der Waals surface area contributed by atoms with Crippen LogP contribution in [0.5, 0.6) is 0 Å². The van der Waals surface area contributed by atoms with Gasteiger partial charge in [0.15, 0.2) is 0 Å². The molecule has 0 spiro atoms. The number of hydrogen-bond acceptors (Lipinski definition) is 2. The van der Waals surface area contributed by atoms with Crippen LogP contribution in [0.25, 0.3) is 0 Å². The minimum Gasteiger partial charge on any atom is -0.380 e. The topological polar surface area (TPSA) is 21.3 Å². The second kappa shape index (κ2) is 4.73. The molecule has 0 radical (unpaired) electrons. The van der Waals surface area contributed by atoms with E-state index >= 15 is 0 Å². The molecule has 1 aliphatic rings. The highest BCUT2D eigenvalue weighted by Gasteiger charge is 2.21. The number of methoxy groups -OCH3 is 1. The van der Waals surface area contributed by atoms with Gasteiger partial charge in [0.05, 0.1) is 6.10 Å². The van der Waals surface area contributed by atoms with E-state index in [4.69, 9.17) is 4.74 Å². The van der Waals surface area contributed by atoms with E-state index in [0.29, 0.717) is 6.10 Å². The van der Waals surface area contributed by atoms with Gasteiger partial charge in [0.2, 0.25) is 0 Å². The van der Waals surface area contributed by atoms with Crippen molar-refractivity contribution in [2.24, 2.45) is 0 Å². The molecule has 2 nitrogen and oxygen atoms in total. The first-order valence-electron chi connectivity index (χ1n) is 4.63. The molecular formula is C9H19NO. The Morgan fingerprint density at radius 3 is 2.73 bits per heavy atom. The monoisotopic (exact) mass is 157 g/mol. The van der Waals surface area contributed by atoms with Gasteiger partial charge >= 0.3 is 0 Å². The average Bonchev–Trinajstić information content (AvgIpc) is 2.81. The molecule has 0 heterocycles. The van der Waals surface area contributed by atoms with Crippen molar-refractivity contribution in [1.29, 1.82) is 0 Å². The molecule has 1 atom stereocenters. The second-order valence-corrected chi connectivity index (χ2v) is 3.33. The van der Waals surface area contributed by atoms with Crippen molar-refractivity contribution in [2.45, 2.75) is 44.8 Å². The lowest BCUT2D eigenvalue weighted by molar-refractivity contribution is 0.0935. The third kappa shape index (κ3) is 3.73. The number of rotatable bonds is 6. The highest BCUT2D eigenvalue weighted by Crippen LogP contribution is 2.18. The Morgan fingerprint density at radius 2 is 2.27 bits per heavy atom. The predicted molar refractivity (Wildman–Crippen MR) is 46.7 cm³/mol. The van der Waals surface area contributed by atoms with Crippen LogP contribution in [0.15, 0.2) is 0 Å². The Balaban J connectivity index is 1.98. The molecule has 1 unspecified atom stereocenters. The normalized spacial score (nSPS) is 20.2. The molecule has 66 valence electrons. The summed E-state index contributed by atoms with van der Waals surface area (Å²) in [5.74, 6) is 0. The van der Waals surface area contributed by atoms with Gasteiger partial charge in [-0.05, 0) is 19.3 Å². The first-order valence-corrected chi connectivity index (χ1v) is 4.63. The highest BCUT2D eigenvalue weighted by molar-refractivity contribution is 4.81. The van der Waals surface area contributed by atoms with Gasteiger partial charge < -0.3 is 10.1 Å². The van der Waals surface area contributed by atoms with Crippen LogP contribution >= 0.6 is 0 Å². The maximum Gasteiger partial charge on any atom is 0.0695 e. The van der Waals surface area contributed by atoms with E-state index in [1.807, 2.05) is 0 Å². The zero-order valence-corrected chi connectivity index (χ0v) is 7.60. The van der Waals surface area contributed by atoms with Gasteiger partial charge in [-0.2, -0.15) is 0 Å². The summed E-state index contributed by atoms with van der Waals surface area (Å²) in [5.41, 5.74) is 0. The third-order valence-electron chi connectivity index (χ3n) is 2.16. The lowest BCUT2D eigenvalue weighted by Gasteiger charge is -2.14. The summed E-state index contributed by atoms with van der Waals surface area (Å²) in [5, 5.41) is 3.47. The molecule has 0 bridgehead atoms. The second-order valence-electron chi connectivity index (χ2n) is 3.33. The zero-order chi connectivity index (χ0) is 8.10. The van der Waals surface area contributed by atoms with Crippen molar-refractivity contribution in [1.82, 2.24) is 5.32 Å². The van der Waals surface area contributed by atoms with Gasteiger partial charge in [-0.1, -0.05) is 13.3 Å². The summed E-state index contributed by atoms with van der Waals surface area (Å²) in [4.78, 5) is 0. The van der Waals surface area contributed by atoms with Crippen molar-refractivity contribution >= 4 is 0 Å². The van der Waals surface area contributed by atoms with Gasteiger partial charge in [-0.3, -0.25) is 0 Å². The van der Waals surface area contributed by atoms with Crippen molar-refractivity contribution in [2.75, 3.05) is 13.7 Å². The summed E-state index contributed by atoms with van der Waals surface area (Å²) in [6, 6.07) is 0.810. The lowest BCUT2D eigenvalue weighted by Crippen LogP contribution is -2.29. The molecule has 0 aromatic carbocycles. The molecule has 0 saturated heterocycles. The fraction of sp³-hybridized carbons (Fsp3) is 1.00. The van der Waals surface area contributed by atoms with Gasteiger partial charge in [0.1, 0.15) is 0 Å². The fourth-order valence-corrected chi connectivity index (χ4v) is 1.21. The van der Waals surface area contributed by atoms with Crippen molar-refractivity contribution in [3.05, 3.63) is 0 Å². The fourth-order valence-electron chi connectivity index (χ4n) is 1.21. The van der Waals surface area contributed by atoms with Crippen LogP contribution in [-0.4, -0.2) is 25.8 Å². The Labute approximate surface area is 69.3 Å². The minimum absolute atomic E-state index is 0.431. The first kappa shape index (κ1) is 9.01. The van der Waals surface area contributed by atoms with Crippen LogP contribution in [0.2, 0.25) is 0 Å². The van der Waals surface area contributed by atoms with Crippen molar-refractivity contribution < 1.29 is 4.74 Å². The zero-order valence-electron chi connectivity index (χ0n) is 7.60. The van der Waals surface area contributed by atoms with E-state index < -0.39 is 0 Å². The Bertz CT molecular complexity index is 102. The first-order chi connectivity index (χ1) is 5.36. The molecule has 0 aromatic rings. The Hall–Kier alpha value is -0.0800. The van der Waals surface area contributed by atoms with Gasteiger partial charge in [-0.15, -0.1) is 0 Å². The maximum absolute atomic E-state index is 5.31. The molecule has 1 saturated carbocycles. The predicted octanol–water partition coefficient (Wildman–Crippen LogP) is 1.55. The summed E-state index contributed by atoms with van der Waals surface area (Å²) < 4.78 is 5.31. The molecule has 0 aliphatic heterocycles. The van der Waals surface area contributed by atoms with Crippen LogP contribution in [0, 0.1) is 0 Å². The SMILES string of the molecule is CCCC(CNC1CC1)OC. The molecule has 1 rings (SSSR count). The lowest BCUT2D eigenvalue weighted by atomic mass is 10.2. The molecule has 2 heteroatoms. The van der Waals surface area contributed by atoms with Crippen molar-refractivity contribution in [3.8, 4) is 0 Å². The number of hydrogen-bond donors (Lipinski definition) is 1. The van der Waals surface area contributed by atoms with Crippen molar-refractivity contribution in [3.63, 3.8) is 0 Å². The molecule has 11 heavy (non-hydrogen) atoms. The van der Waals surface area contributed by atoms with Crippen LogP contribution < -0.4 is 5.32 Å². The van der Waals surface area contributed by atoms with Gasteiger partial charge in [0.25, 0.3) is 0 Å². The highest BCUT2D eigenvalue weighted by atomic mass is 16.5. The quantitative estimate of drug-likeness (QED) is 0.631. The number of nitrogens with one attached hydrogen (secondary N) is 1. The number of ether oxygens (including phenoxy) is 1. The third-order valence-corrected chi connectivity index (χ3v) is 2.16. The Kier molecular flexibility index (Phi) is 3.87. The van der Waals surface area contributed by atoms with E-state index in [9.17, 15) is 0 Å². The maximum atomic E-state index is 5.31. The summed E-state index contributed by atoms with van der Waals surface area (Å²) in [7, 11) is 1.80. The molecular weight excluding hydrogens is 138 g/mol. The van der Waals surface area contributed by atoms with Crippen LogP contribution in [0.1, 0.15) is 32.6 Å². The minimum atomic E-state index is 0.431. The molecule has 0 amide bonds. The van der Waals surface area contributed by atoms with E-state index in [1.165, 1.54) is 25.7 Å². The van der Waals surface area contributed by atoms with Crippen LogP contribution in [0.3, 0.4) is 0 Å². The molecule has 1 N–H and O–H groups in total. The largest absolute Gasteiger partial charge is 0.380 e. The van der Waals surface area contributed by atoms with Gasteiger partial charge in [-0.25, -0.2) is 0 Å². The smallest absolute Gasteiger partial charge is 0.0695 e. The van der Waals surface area contributed by atoms with E-state index in [0.717, 1.165) is 12.6 Å². The standard InChI is InChI=1S/C9H19NO/c1-3-4-9(11-2)7-10-8-5-6-8/h8-10H,3-7H2,1-2H3. The van der Waals surface area contributed by atoms with E-state index in [2.05, 4.69) is 12.2 Å². The molecule has 1 fully saturated rings. The molecule has 0 aromatic heterocycles.